The molecule has 1 fully saturated rings. The monoisotopic (exact) mass is 520 g/mol. The molecular weight excluding hydrogens is 476 g/mol. The summed E-state index contributed by atoms with van der Waals surface area (Å²) < 4.78 is 5.45. The second-order valence-electron chi connectivity index (χ2n) is 10.8. The van der Waals surface area contributed by atoms with E-state index in [9.17, 15) is 9.59 Å². The van der Waals surface area contributed by atoms with Crippen molar-refractivity contribution in [3.63, 3.8) is 0 Å². The van der Waals surface area contributed by atoms with Crippen LogP contribution in [0.2, 0.25) is 0 Å². The van der Waals surface area contributed by atoms with E-state index in [2.05, 4.69) is 39.8 Å². The zero-order valence-electron chi connectivity index (χ0n) is 23.1. The minimum absolute atomic E-state index is 0.0781. The number of morpholine rings is 1. The van der Waals surface area contributed by atoms with Gasteiger partial charge >= 0.3 is 0 Å². The van der Waals surface area contributed by atoms with E-state index in [1.807, 2.05) is 36.9 Å². The van der Waals surface area contributed by atoms with Crippen molar-refractivity contribution >= 4 is 17.5 Å². The molecule has 4 rings (SSSR count). The lowest BCUT2D eigenvalue weighted by atomic mass is 10.0. The van der Waals surface area contributed by atoms with Crippen LogP contribution in [-0.4, -0.2) is 56.1 Å². The van der Waals surface area contributed by atoms with Gasteiger partial charge in [0, 0.05) is 56.4 Å². The quantitative estimate of drug-likeness (QED) is 0.587. The number of hydrogen-bond acceptors (Lipinski definition) is 5. The summed E-state index contributed by atoms with van der Waals surface area (Å²) in [5, 5.41) is 6.63. The first-order valence-corrected chi connectivity index (χ1v) is 14.3. The van der Waals surface area contributed by atoms with Crippen molar-refractivity contribution in [1.29, 1.82) is 0 Å². The number of nitrogens with one attached hydrogen (secondary N) is 2. The third-order valence-electron chi connectivity index (χ3n) is 7.40. The summed E-state index contributed by atoms with van der Waals surface area (Å²) >= 11 is 0. The Morgan fingerprint density at radius 1 is 0.947 bits per heavy atom. The minimum atomic E-state index is -0.0979. The van der Waals surface area contributed by atoms with Gasteiger partial charge in [-0.1, -0.05) is 57.4 Å². The fourth-order valence-corrected chi connectivity index (χ4v) is 5.21. The molecule has 0 spiro atoms. The molecule has 206 valence electrons. The molecule has 0 bridgehead atoms. The second kappa shape index (κ2) is 14.4. The van der Waals surface area contributed by atoms with E-state index in [4.69, 9.17) is 4.74 Å². The van der Waals surface area contributed by atoms with Crippen LogP contribution in [0.3, 0.4) is 0 Å². The van der Waals surface area contributed by atoms with Crippen molar-refractivity contribution in [2.75, 3.05) is 44.3 Å². The van der Waals surface area contributed by atoms with Crippen LogP contribution in [0.15, 0.2) is 42.5 Å². The zero-order valence-corrected chi connectivity index (χ0v) is 23.1. The summed E-state index contributed by atoms with van der Waals surface area (Å²) in [7, 11) is 0. The van der Waals surface area contributed by atoms with Crippen LogP contribution < -0.4 is 15.5 Å². The highest BCUT2D eigenvalue weighted by Gasteiger charge is 2.22. The average Bonchev–Trinajstić information content (AvgIpc) is 2.92. The molecule has 7 heteroatoms. The lowest BCUT2D eigenvalue weighted by Crippen LogP contribution is -2.36. The van der Waals surface area contributed by atoms with E-state index >= 15 is 0 Å². The van der Waals surface area contributed by atoms with Crippen molar-refractivity contribution in [2.24, 2.45) is 5.92 Å². The maximum absolute atomic E-state index is 13.2. The van der Waals surface area contributed by atoms with Gasteiger partial charge in [-0.05, 0) is 54.3 Å². The lowest BCUT2D eigenvalue weighted by molar-refractivity contribution is -0.121. The van der Waals surface area contributed by atoms with Crippen LogP contribution in [0.4, 0.5) is 5.69 Å². The van der Waals surface area contributed by atoms with Gasteiger partial charge in [0.15, 0.2) is 0 Å². The van der Waals surface area contributed by atoms with Gasteiger partial charge in [-0.2, -0.15) is 0 Å². The Kier molecular flexibility index (Phi) is 10.7. The minimum Gasteiger partial charge on any atom is -0.379 e. The first-order valence-electron chi connectivity index (χ1n) is 14.3. The van der Waals surface area contributed by atoms with Gasteiger partial charge in [0.1, 0.15) is 0 Å². The Bertz CT molecular complexity index is 1060. The summed E-state index contributed by atoms with van der Waals surface area (Å²) in [6, 6.07) is 14.2. The zero-order chi connectivity index (χ0) is 26.7. The van der Waals surface area contributed by atoms with Gasteiger partial charge in [0.25, 0.3) is 5.91 Å². The number of fused-ring (bicyclic) bond motifs is 1. The van der Waals surface area contributed by atoms with Crippen molar-refractivity contribution in [2.45, 2.75) is 65.6 Å². The number of benzene rings is 2. The summed E-state index contributed by atoms with van der Waals surface area (Å²) in [5.41, 5.74) is 4.88. The Balaban J connectivity index is 1.46. The molecular formula is C31H44N4O3. The predicted octanol–water partition coefficient (Wildman–Crippen LogP) is 4.49. The van der Waals surface area contributed by atoms with Crippen LogP contribution in [-0.2, 0) is 29.2 Å². The molecule has 1 saturated heterocycles. The van der Waals surface area contributed by atoms with Gasteiger partial charge < -0.3 is 20.3 Å². The molecule has 2 aromatic carbocycles. The van der Waals surface area contributed by atoms with Gasteiger partial charge in [-0.25, -0.2) is 0 Å². The number of carbonyl (C=O) groups is 2. The van der Waals surface area contributed by atoms with Crippen molar-refractivity contribution < 1.29 is 14.3 Å². The number of carbonyl (C=O) groups excluding carboxylic acids is 2. The molecule has 2 aliphatic rings. The summed E-state index contributed by atoms with van der Waals surface area (Å²) in [6.07, 6.45) is 5.68. The Morgan fingerprint density at radius 3 is 2.53 bits per heavy atom. The fraction of sp³-hybridized carbons (Fsp3) is 0.548. The normalized spacial score (nSPS) is 17.8. The molecule has 2 N–H and O–H groups in total. The van der Waals surface area contributed by atoms with E-state index < -0.39 is 0 Å². The number of hydrogen-bond donors (Lipinski definition) is 2. The van der Waals surface area contributed by atoms with Gasteiger partial charge in [0.2, 0.25) is 5.91 Å². The highest BCUT2D eigenvalue weighted by atomic mass is 16.5. The highest BCUT2D eigenvalue weighted by molar-refractivity contribution is 5.98. The van der Waals surface area contributed by atoms with Crippen LogP contribution in [0.1, 0.15) is 73.0 Å². The Morgan fingerprint density at radius 2 is 1.71 bits per heavy atom. The number of nitrogens with zero attached hydrogens (tertiary/aromatic N) is 2. The van der Waals surface area contributed by atoms with Crippen LogP contribution in [0.5, 0.6) is 0 Å². The fourth-order valence-electron chi connectivity index (χ4n) is 5.21. The molecule has 0 saturated carbocycles. The molecule has 2 heterocycles. The summed E-state index contributed by atoms with van der Waals surface area (Å²) in [6.45, 7) is 11.1. The van der Waals surface area contributed by atoms with Crippen molar-refractivity contribution in [3.8, 4) is 0 Å². The first-order chi connectivity index (χ1) is 18.5. The van der Waals surface area contributed by atoms with Crippen LogP contribution in [0, 0.1) is 5.92 Å². The smallest absolute Gasteiger partial charge is 0.251 e. The molecule has 7 nitrogen and oxygen atoms in total. The predicted molar refractivity (Wildman–Crippen MR) is 152 cm³/mol. The third-order valence-corrected chi connectivity index (χ3v) is 7.40. The SMILES string of the molecule is CC(C)C(=O)N1CCCCCCCNCc2cc(C(=O)NCc3cccc(CN4CCOCC4)c3)ccc21. The highest BCUT2D eigenvalue weighted by Crippen LogP contribution is 2.26. The van der Waals surface area contributed by atoms with E-state index in [1.54, 1.807) is 0 Å². The number of ether oxygens (including phenoxy) is 1. The van der Waals surface area contributed by atoms with Crippen molar-refractivity contribution in [3.05, 3.63) is 64.7 Å². The molecule has 2 aliphatic heterocycles. The van der Waals surface area contributed by atoms with Gasteiger partial charge in [0.05, 0.1) is 13.2 Å². The number of anilines is 1. The Labute approximate surface area is 227 Å². The molecule has 0 radical (unpaired) electrons. The summed E-state index contributed by atoms with van der Waals surface area (Å²) in [4.78, 5) is 30.6. The second-order valence-corrected chi connectivity index (χ2v) is 10.8. The Hall–Kier alpha value is -2.74. The van der Waals surface area contributed by atoms with E-state index in [0.29, 0.717) is 18.7 Å². The van der Waals surface area contributed by atoms with Gasteiger partial charge in [-0.3, -0.25) is 14.5 Å². The number of amides is 2. The molecule has 38 heavy (non-hydrogen) atoms. The summed E-state index contributed by atoms with van der Waals surface area (Å²) in [5.74, 6) is -0.0394. The molecule has 0 unspecified atom stereocenters. The lowest BCUT2D eigenvalue weighted by Gasteiger charge is -2.28. The number of rotatable bonds is 6. The van der Waals surface area contributed by atoms with Gasteiger partial charge in [-0.15, -0.1) is 0 Å². The molecule has 2 aromatic rings. The maximum Gasteiger partial charge on any atom is 0.251 e. The third kappa shape index (κ3) is 8.13. The largest absolute Gasteiger partial charge is 0.379 e. The molecule has 0 aliphatic carbocycles. The molecule has 0 aromatic heterocycles. The first kappa shape index (κ1) is 28.3. The topological polar surface area (TPSA) is 73.9 Å². The average molecular weight is 521 g/mol. The molecule has 0 atom stereocenters. The van der Waals surface area contributed by atoms with E-state index in [1.165, 1.54) is 18.4 Å². The van der Waals surface area contributed by atoms with E-state index in [-0.39, 0.29) is 17.7 Å². The van der Waals surface area contributed by atoms with Crippen LogP contribution >= 0.6 is 0 Å². The van der Waals surface area contributed by atoms with Crippen LogP contribution in [0.25, 0.3) is 0 Å². The maximum atomic E-state index is 13.2. The molecule has 2 amide bonds. The standard InChI is InChI=1S/C31H44N4O3/c1-24(2)31(37)35-14-7-5-3-4-6-13-32-22-28-20-27(11-12-29(28)35)30(36)33-21-25-9-8-10-26(19-25)23-34-15-17-38-18-16-34/h8-12,19-20,24,32H,3-7,13-18,21-23H2,1-2H3,(H,33,36). The van der Waals surface area contributed by atoms with Crippen molar-refractivity contribution in [1.82, 2.24) is 15.5 Å². The van der Waals surface area contributed by atoms with E-state index in [0.717, 1.165) is 82.0 Å².